The van der Waals surface area contributed by atoms with Gasteiger partial charge in [0, 0.05) is 27.7 Å². The Morgan fingerprint density at radius 3 is 3.11 bits per heavy atom. The van der Waals surface area contributed by atoms with Crippen LogP contribution in [0.5, 0.6) is 0 Å². The van der Waals surface area contributed by atoms with Gasteiger partial charge in [0.25, 0.3) is 5.91 Å². The zero-order valence-corrected chi connectivity index (χ0v) is 12.0. The molecule has 1 saturated carbocycles. The fourth-order valence-corrected chi connectivity index (χ4v) is 3.34. The summed E-state index contributed by atoms with van der Waals surface area (Å²) in [6, 6.07) is 7.52. The molecule has 18 heavy (non-hydrogen) atoms. The van der Waals surface area contributed by atoms with Crippen molar-refractivity contribution < 1.29 is 9.53 Å². The van der Waals surface area contributed by atoms with Gasteiger partial charge in [-0.1, -0.05) is 6.07 Å². The lowest BCUT2D eigenvalue weighted by Crippen LogP contribution is -2.68. The molecule has 4 nitrogen and oxygen atoms in total. The van der Waals surface area contributed by atoms with E-state index in [9.17, 15) is 4.79 Å². The summed E-state index contributed by atoms with van der Waals surface area (Å²) in [6.07, 6.45) is 1.13. The first-order valence-electron chi connectivity index (χ1n) is 6.10. The number of carbonyl (C=O) groups is 1. The third-order valence-electron chi connectivity index (χ3n) is 3.83. The molecule has 2 aliphatic rings. The molecule has 1 aromatic rings. The van der Waals surface area contributed by atoms with Crippen molar-refractivity contribution in [2.45, 2.75) is 24.6 Å². The van der Waals surface area contributed by atoms with Crippen LogP contribution in [-0.4, -0.2) is 30.7 Å². The quantitative estimate of drug-likeness (QED) is 0.780. The first-order valence-corrected chi connectivity index (χ1v) is 7.18. The molecule has 3 N–H and O–H groups in total. The van der Waals surface area contributed by atoms with Gasteiger partial charge in [-0.3, -0.25) is 4.79 Å². The molecule has 2 fully saturated rings. The molecule has 0 spiro atoms. The van der Waals surface area contributed by atoms with Crippen molar-refractivity contribution >= 4 is 28.5 Å². The normalized spacial score (nSPS) is 33.7. The molecule has 1 amide bonds. The number of rotatable bonds is 2. The van der Waals surface area contributed by atoms with E-state index in [1.807, 2.05) is 24.3 Å². The van der Waals surface area contributed by atoms with E-state index in [0.29, 0.717) is 11.5 Å². The van der Waals surface area contributed by atoms with Gasteiger partial charge < -0.3 is 15.8 Å². The van der Waals surface area contributed by atoms with Crippen LogP contribution < -0.4 is 11.1 Å². The van der Waals surface area contributed by atoms with E-state index in [0.717, 1.165) is 16.6 Å². The topological polar surface area (TPSA) is 64.3 Å². The smallest absolute Gasteiger partial charge is 0.251 e. The molecule has 0 aromatic heterocycles. The SMILES string of the molecule is NC1C2CCOC2C1NC(=O)c1cccc(I)c1. The lowest BCUT2D eigenvalue weighted by atomic mass is 9.72. The van der Waals surface area contributed by atoms with Crippen molar-refractivity contribution in [2.75, 3.05) is 6.61 Å². The van der Waals surface area contributed by atoms with Crippen molar-refractivity contribution in [3.63, 3.8) is 0 Å². The molecule has 4 unspecified atom stereocenters. The third kappa shape index (κ3) is 2.04. The minimum atomic E-state index is -0.0667. The van der Waals surface area contributed by atoms with Gasteiger partial charge in [-0.2, -0.15) is 0 Å². The predicted molar refractivity (Wildman–Crippen MR) is 76.2 cm³/mol. The second-order valence-corrected chi connectivity index (χ2v) is 6.12. The van der Waals surface area contributed by atoms with Gasteiger partial charge in [-0.15, -0.1) is 0 Å². The number of hydrogen-bond acceptors (Lipinski definition) is 3. The minimum absolute atomic E-state index is 0.0317. The second kappa shape index (κ2) is 4.79. The van der Waals surface area contributed by atoms with Crippen molar-refractivity contribution in [3.05, 3.63) is 33.4 Å². The maximum absolute atomic E-state index is 12.1. The molecule has 4 atom stereocenters. The number of hydrogen-bond donors (Lipinski definition) is 2. The molecule has 96 valence electrons. The van der Waals surface area contributed by atoms with Gasteiger partial charge in [-0.05, 0) is 47.2 Å². The van der Waals surface area contributed by atoms with Crippen LogP contribution >= 0.6 is 22.6 Å². The van der Waals surface area contributed by atoms with Crippen molar-refractivity contribution in [2.24, 2.45) is 11.7 Å². The summed E-state index contributed by atoms with van der Waals surface area (Å²) in [6.45, 7) is 0.763. The number of halogens is 1. The Morgan fingerprint density at radius 1 is 1.50 bits per heavy atom. The first kappa shape index (κ1) is 12.4. The van der Waals surface area contributed by atoms with Gasteiger partial charge in [0.15, 0.2) is 0 Å². The summed E-state index contributed by atoms with van der Waals surface area (Å²) in [5.41, 5.74) is 6.74. The van der Waals surface area contributed by atoms with E-state index in [-0.39, 0.29) is 24.1 Å². The lowest BCUT2D eigenvalue weighted by Gasteiger charge is -2.45. The number of ether oxygens (including phenoxy) is 1. The maximum atomic E-state index is 12.1. The maximum Gasteiger partial charge on any atom is 0.251 e. The molecule has 1 aliphatic carbocycles. The van der Waals surface area contributed by atoms with Crippen LogP contribution in [0.25, 0.3) is 0 Å². The van der Waals surface area contributed by atoms with Crippen LogP contribution in [0, 0.1) is 9.49 Å². The molecule has 1 heterocycles. The number of nitrogens with two attached hydrogens (primary N) is 1. The standard InChI is InChI=1S/C13H15IN2O2/c14-8-3-1-2-7(6-8)13(17)16-11-10(15)9-4-5-18-12(9)11/h1-3,6,9-12H,4-5,15H2,(H,16,17). The number of nitrogens with one attached hydrogen (secondary N) is 1. The van der Waals surface area contributed by atoms with E-state index in [4.69, 9.17) is 10.5 Å². The number of benzene rings is 1. The molecule has 1 aromatic carbocycles. The highest BCUT2D eigenvalue weighted by Gasteiger charge is 2.52. The fourth-order valence-electron chi connectivity index (χ4n) is 2.79. The number of carbonyl (C=O) groups excluding carboxylic acids is 1. The minimum Gasteiger partial charge on any atom is -0.376 e. The van der Waals surface area contributed by atoms with Gasteiger partial charge >= 0.3 is 0 Å². The van der Waals surface area contributed by atoms with Crippen LogP contribution in [0.15, 0.2) is 24.3 Å². The molecule has 3 rings (SSSR count). The summed E-state index contributed by atoms with van der Waals surface area (Å²) in [5.74, 6) is 0.356. The van der Waals surface area contributed by atoms with E-state index in [2.05, 4.69) is 27.9 Å². The predicted octanol–water partition coefficient (Wildman–Crippen LogP) is 1.14. The molecule has 1 aliphatic heterocycles. The Morgan fingerprint density at radius 2 is 2.33 bits per heavy atom. The van der Waals surface area contributed by atoms with Crippen LogP contribution in [0.4, 0.5) is 0 Å². The highest BCUT2D eigenvalue weighted by Crippen LogP contribution is 2.37. The van der Waals surface area contributed by atoms with Crippen LogP contribution in [0.2, 0.25) is 0 Å². The first-order chi connectivity index (χ1) is 8.66. The summed E-state index contributed by atoms with van der Waals surface area (Å²) in [4.78, 5) is 12.1. The molecule has 5 heteroatoms. The Hall–Kier alpha value is -0.660. The van der Waals surface area contributed by atoms with Crippen LogP contribution in [-0.2, 0) is 4.74 Å². The average molecular weight is 358 g/mol. The van der Waals surface area contributed by atoms with Gasteiger partial charge in [0.05, 0.1) is 12.1 Å². The molecular weight excluding hydrogens is 343 g/mol. The molecule has 0 bridgehead atoms. The van der Waals surface area contributed by atoms with Crippen molar-refractivity contribution in [3.8, 4) is 0 Å². The zero-order chi connectivity index (χ0) is 12.7. The highest BCUT2D eigenvalue weighted by molar-refractivity contribution is 14.1. The summed E-state index contributed by atoms with van der Waals surface area (Å²) in [5, 5.41) is 2.99. The van der Waals surface area contributed by atoms with Gasteiger partial charge in [0.2, 0.25) is 0 Å². The van der Waals surface area contributed by atoms with Crippen LogP contribution in [0.1, 0.15) is 16.8 Å². The molecular formula is C13H15IN2O2. The van der Waals surface area contributed by atoms with Crippen molar-refractivity contribution in [1.82, 2.24) is 5.32 Å². The molecule has 0 radical (unpaired) electrons. The molecule has 1 saturated heterocycles. The Balaban J connectivity index is 1.68. The lowest BCUT2D eigenvalue weighted by molar-refractivity contribution is -0.0161. The monoisotopic (exact) mass is 358 g/mol. The average Bonchev–Trinajstić information content (AvgIpc) is 2.80. The Labute approximate surface area is 119 Å². The van der Waals surface area contributed by atoms with Gasteiger partial charge in [-0.25, -0.2) is 0 Å². The van der Waals surface area contributed by atoms with E-state index in [1.165, 1.54) is 0 Å². The van der Waals surface area contributed by atoms with Crippen molar-refractivity contribution in [1.29, 1.82) is 0 Å². The number of fused-ring (bicyclic) bond motifs is 1. The largest absolute Gasteiger partial charge is 0.376 e. The Kier molecular flexibility index (Phi) is 3.29. The summed E-state index contributed by atoms with van der Waals surface area (Å²) in [7, 11) is 0. The zero-order valence-electron chi connectivity index (χ0n) is 9.80. The summed E-state index contributed by atoms with van der Waals surface area (Å²) >= 11 is 2.20. The van der Waals surface area contributed by atoms with E-state index >= 15 is 0 Å². The Bertz CT molecular complexity index is 480. The summed E-state index contributed by atoms with van der Waals surface area (Å²) < 4.78 is 6.65. The highest BCUT2D eigenvalue weighted by atomic mass is 127. The van der Waals surface area contributed by atoms with Gasteiger partial charge in [0.1, 0.15) is 0 Å². The second-order valence-electron chi connectivity index (χ2n) is 4.87. The van der Waals surface area contributed by atoms with Crippen LogP contribution in [0.3, 0.4) is 0 Å². The van der Waals surface area contributed by atoms with E-state index in [1.54, 1.807) is 0 Å². The number of amides is 1. The van der Waals surface area contributed by atoms with E-state index < -0.39 is 0 Å². The fraction of sp³-hybridized carbons (Fsp3) is 0.462. The third-order valence-corrected chi connectivity index (χ3v) is 4.50.